The average molecular weight is 481 g/mol. The molecule has 36 heavy (non-hydrogen) atoms. The van der Waals surface area contributed by atoms with Crippen molar-refractivity contribution in [2.45, 2.75) is 6.92 Å². The molecule has 0 radical (unpaired) electrons. The number of carbonyl (C=O) groups excluding carboxylic acids is 1. The van der Waals surface area contributed by atoms with Gasteiger partial charge in [-0.05, 0) is 57.9 Å². The highest BCUT2D eigenvalue weighted by atomic mass is 31.1. The van der Waals surface area contributed by atoms with E-state index in [1.54, 1.807) is 6.92 Å². The van der Waals surface area contributed by atoms with E-state index in [4.69, 9.17) is 0 Å². The van der Waals surface area contributed by atoms with Crippen LogP contribution in [0.1, 0.15) is 17.3 Å². The van der Waals surface area contributed by atoms with Crippen LogP contribution in [0, 0.1) is 0 Å². The summed E-state index contributed by atoms with van der Waals surface area (Å²) in [7, 11) is -0.862. The van der Waals surface area contributed by atoms with Gasteiger partial charge in [-0.15, -0.1) is 0 Å². The molecule has 1 nitrogen and oxygen atoms in total. The van der Waals surface area contributed by atoms with Gasteiger partial charge in [0, 0.05) is 11.1 Å². The van der Waals surface area contributed by atoms with Crippen molar-refractivity contribution in [2.75, 3.05) is 0 Å². The maximum absolute atomic E-state index is 13.0. The number of benzene rings is 6. The summed E-state index contributed by atoms with van der Waals surface area (Å²) in [6.07, 6.45) is 0. The summed E-state index contributed by atoms with van der Waals surface area (Å²) in [6, 6.07) is 47.1. The molecule has 0 unspecified atom stereocenters. The van der Waals surface area contributed by atoms with Crippen molar-refractivity contribution in [2.24, 2.45) is 0 Å². The minimum absolute atomic E-state index is 0.0818. The molecule has 2 heteroatoms. The molecular formula is C34H25OP. The highest BCUT2D eigenvalue weighted by molar-refractivity contribution is 7.80. The van der Waals surface area contributed by atoms with Crippen molar-refractivity contribution in [3.63, 3.8) is 0 Å². The zero-order chi connectivity index (χ0) is 24.5. The Balaban J connectivity index is 1.79. The normalized spacial score (nSPS) is 11.3. The molecule has 172 valence electrons. The molecule has 0 aliphatic carbocycles. The lowest BCUT2D eigenvalue weighted by Crippen LogP contribution is -2.22. The van der Waals surface area contributed by atoms with E-state index in [-0.39, 0.29) is 5.78 Å². The highest BCUT2D eigenvalue weighted by Gasteiger charge is 2.25. The lowest BCUT2D eigenvalue weighted by molar-refractivity contribution is 0.101. The van der Waals surface area contributed by atoms with Crippen LogP contribution in [0.4, 0.5) is 0 Å². The maximum Gasteiger partial charge on any atom is 0.160 e. The van der Waals surface area contributed by atoms with Gasteiger partial charge in [-0.25, -0.2) is 0 Å². The van der Waals surface area contributed by atoms with Crippen LogP contribution in [0.15, 0.2) is 133 Å². The quantitative estimate of drug-likeness (QED) is 0.183. The number of rotatable bonds is 5. The standard InChI is InChI=1S/C34H25OP/c1-24(35)29-22-20-25-12-8-10-18-30(25)33(29)34-31-19-11-9-13-26(31)21-23-32(34)36(27-14-4-2-5-15-27)28-16-6-3-7-17-28/h2-23H,1H3. The molecule has 0 amide bonds. The van der Waals surface area contributed by atoms with E-state index in [1.165, 1.54) is 26.7 Å². The summed E-state index contributed by atoms with van der Waals surface area (Å²) in [6.45, 7) is 1.68. The van der Waals surface area contributed by atoms with Crippen molar-refractivity contribution in [3.8, 4) is 11.1 Å². The first kappa shape index (κ1) is 22.4. The van der Waals surface area contributed by atoms with Crippen LogP contribution < -0.4 is 15.9 Å². The van der Waals surface area contributed by atoms with Gasteiger partial charge >= 0.3 is 0 Å². The second-order valence-electron chi connectivity index (χ2n) is 8.95. The fraction of sp³-hybridized carbons (Fsp3) is 0.0294. The van der Waals surface area contributed by atoms with Crippen molar-refractivity contribution >= 4 is 51.2 Å². The molecule has 0 aliphatic heterocycles. The molecule has 0 spiro atoms. The van der Waals surface area contributed by atoms with Crippen LogP contribution in [-0.4, -0.2) is 5.78 Å². The Morgan fingerprint density at radius 3 is 1.53 bits per heavy atom. The summed E-state index contributed by atoms with van der Waals surface area (Å²) in [5, 5.41) is 8.45. The second-order valence-corrected chi connectivity index (χ2v) is 11.1. The summed E-state index contributed by atoms with van der Waals surface area (Å²) < 4.78 is 0. The first-order valence-electron chi connectivity index (χ1n) is 12.2. The molecule has 6 aromatic rings. The van der Waals surface area contributed by atoms with Gasteiger partial charge in [0.15, 0.2) is 5.78 Å². The number of hydrogen-bond acceptors (Lipinski definition) is 1. The Hall–Kier alpha value is -4.06. The van der Waals surface area contributed by atoms with Gasteiger partial charge in [-0.3, -0.25) is 4.79 Å². The number of hydrogen-bond donors (Lipinski definition) is 0. The third-order valence-electron chi connectivity index (χ3n) is 6.74. The first-order chi connectivity index (χ1) is 17.7. The van der Waals surface area contributed by atoms with Gasteiger partial charge in [0.2, 0.25) is 0 Å². The largest absolute Gasteiger partial charge is 0.294 e. The second kappa shape index (κ2) is 9.53. The lowest BCUT2D eigenvalue weighted by atomic mass is 9.89. The summed E-state index contributed by atoms with van der Waals surface area (Å²) in [4.78, 5) is 13.0. The van der Waals surface area contributed by atoms with Crippen LogP contribution in [0.3, 0.4) is 0 Å². The van der Waals surface area contributed by atoms with E-state index in [0.717, 1.165) is 27.5 Å². The van der Waals surface area contributed by atoms with Gasteiger partial charge in [0.1, 0.15) is 0 Å². The molecule has 0 saturated heterocycles. The lowest BCUT2D eigenvalue weighted by Gasteiger charge is -2.25. The fourth-order valence-electron chi connectivity index (χ4n) is 5.12. The van der Waals surface area contributed by atoms with Gasteiger partial charge in [0.05, 0.1) is 0 Å². The number of fused-ring (bicyclic) bond motifs is 2. The van der Waals surface area contributed by atoms with E-state index >= 15 is 0 Å². The molecule has 0 atom stereocenters. The fourth-order valence-corrected chi connectivity index (χ4v) is 7.60. The zero-order valence-corrected chi connectivity index (χ0v) is 21.0. The number of carbonyl (C=O) groups is 1. The van der Waals surface area contributed by atoms with Crippen molar-refractivity contribution in [1.29, 1.82) is 0 Å². The van der Waals surface area contributed by atoms with Crippen LogP contribution >= 0.6 is 7.92 Å². The highest BCUT2D eigenvalue weighted by Crippen LogP contribution is 2.43. The molecule has 0 aromatic heterocycles. The van der Waals surface area contributed by atoms with Crippen LogP contribution in [0.2, 0.25) is 0 Å². The Kier molecular flexibility index (Phi) is 5.93. The molecular weight excluding hydrogens is 455 g/mol. The third kappa shape index (κ3) is 3.92. The van der Waals surface area contributed by atoms with Crippen molar-refractivity contribution in [3.05, 3.63) is 139 Å². The van der Waals surface area contributed by atoms with Gasteiger partial charge < -0.3 is 0 Å². The van der Waals surface area contributed by atoms with E-state index in [1.807, 2.05) is 6.07 Å². The van der Waals surface area contributed by atoms with Crippen LogP contribution in [0.5, 0.6) is 0 Å². The van der Waals surface area contributed by atoms with Crippen molar-refractivity contribution in [1.82, 2.24) is 0 Å². The molecule has 0 fully saturated rings. The minimum Gasteiger partial charge on any atom is -0.294 e. The van der Waals surface area contributed by atoms with E-state index < -0.39 is 7.92 Å². The summed E-state index contributed by atoms with van der Waals surface area (Å²) in [5.74, 6) is 0.0818. The van der Waals surface area contributed by atoms with E-state index in [9.17, 15) is 4.79 Å². The van der Waals surface area contributed by atoms with Gasteiger partial charge in [-0.1, -0.05) is 133 Å². The van der Waals surface area contributed by atoms with Gasteiger partial charge in [-0.2, -0.15) is 0 Å². The Morgan fingerprint density at radius 2 is 0.972 bits per heavy atom. The molecule has 6 aromatic carbocycles. The molecule has 0 bridgehead atoms. The minimum atomic E-state index is -0.862. The van der Waals surface area contributed by atoms with Crippen LogP contribution in [0.25, 0.3) is 32.7 Å². The van der Waals surface area contributed by atoms with Crippen LogP contribution in [-0.2, 0) is 0 Å². The van der Waals surface area contributed by atoms with Crippen molar-refractivity contribution < 1.29 is 4.79 Å². The maximum atomic E-state index is 13.0. The molecule has 0 N–H and O–H groups in total. The Labute approximate surface area is 212 Å². The van der Waals surface area contributed by atoms with E-state index in [2.05, 4.69) is 127 Å². The average Bonchev–Trinajstić information content (AvgIpc) is 2.93. The van der Waals surface area contributed by atoms with Gasteiger partial charge in [0.25, 0.3) is 0 Å². The molecule has 0 heterocycles. The third-order valence-corrected chi connectivity index (χ3v) is 9.22. The number of Topliss-reactive ketones (excluding diaryl/α,β-unsaturated/α-hetero) is 1. The topological polar surface area (TPSA) is 17.1 Å². The molecule has 0 saturated carbocycles. The molecule has 0 aliphatic rings. The smallest absolute Gasteiger partial charge is 0.160 e. The van der Waals surface area contributed by atoms with E-state index in [0.29, 0.717) is 0 Å². The Morgan fingerprint density at radius 1 is 0.500 bits per heavy atom. The predicted molar refractivity (Wildman–Crippen MR) is 156 cm³/mol. The monoisotopic (exact) mass is 480 g/mol. The molecule has 6 rings (SSSR count). The summed E-state index contributed by atoms with van der Waals surface area (Å²) >= 11 is 0. The Bertz CT molecular complexity index is 1660. The summed E-state index contributed by atoms with van der Waals surface area (Å²) in [5.41, 5.74) is 2.96. The SMILES string of the molecule is CC(=O)c1ccc2ccccc2c1-c1c(P(c2ccccc2)c2ccccc2)ccc2ccccc12. The first-order valence-corrected chi connectivity index (χ1v) is 13.5. The zero-order valence-electron chi connectivity index (χ0n) is 20.1. The predicted octanol–water partition coefficient (Wildman–Crippen LogP) is 7.62. The number of ketones is 1.